The Morgan fingerprint density at radius 2 is 1.58 bits per heavy atom. The van der Waals surface area contributed by atoms with Gasteiger partial charge in [0.2, 0.25) is 0 Å². The summed E-state index contributed by atoms with van der Waals surface area (Å²) in [5.74, 6) is 0.0700. The lowest BCUT2D eigenvalue weighted by atomic mass is 9.97. The second-order valence-corrected chi connectivity index (χ2v) is 11.5. The van der Waals surface area contributed by atoms with E-state index in [4.69, 9.17) is 10.5 Å². The molecule has 6 aromatic rings. The minimum Gasteiger partial charge on any atom is -0.461 e. The number of carbonyl (C=O) groups is 1. The lowest BCUT2D eigenvalue weighted by Crippen LogP contribution is -2.27. The highest BCUT2D eigenvalue weighted by atomic mass is 16.5. The van der Waals surface area contributed by atoms with E-state index in [1.165, 1.54) is 21.9 Å². The zero-order valence-corrected chi connectivity index (χ0v) is 23.8. The first-order valence-electron chi connectivity index (χ1n) is 14.6. The van der Waals surface area contributed by atoms with Gasteiger partial charge in [-0.15, -0.1) is 5.10 Å². The summed E-state index contributed by atoms with van der Waals surface area (Å²) in [5.41, 5.74) is 13.6. The fourth-order valence-electron chi connectivity index (χ4n) is 5.87. The van der Waals surface area contributed by atoms with Gasteiger partial charge in [-0.05, 0) is 64.1 Å². The molecule has 1 saturated carbocycles. The van der Waals surface area contributed by atoms with Gasteiger partial charge in [-0.25, -0.2) is 4.68 Å². The average Bonchev–Trinajstić information content (AvgIpc) is 3.45. The van der Waals surface area contributed by atoms with E-state index >= 15 is 0 Å². The van der Waals surface area contributed by atoms with Crippen molar-refractivity contribution in [2.75, 3.05) is 0 Å². The van der Waals surface area contributed by atoms with E-state index in [2.05, 4.69) is 77.0 Å². The molecular weight excluding hydrogens is 532 g/mol. The molecule has 6 heteroatoms. The van der Waals surface area contributed by atoms with Crippen molar-refractivity contribution in [1.29, 1.82) is 0 Å². The molecule has 0 aliphatic heterocycles. The number of hydrogen-bond acceptors (Lipinski definition) is 5. The summed E-state index contributed by atoms with van der Waals surface area (Å²) in [5, 5.41) is 11.3. The van der Waals surface area contributed by atoms with Crippen molar-refractivity contribution in [3.8, 4) is 16.9 Å². The van der Waals surface area contributed by atoms with Crippen LogP contribution in [0.3, 0.4) is 0 Å². The van der Waals surface area contributed by atoms with Gasteiger partial charge in [-0.3, -0.25) is 4.79 Å². The average molecular weight is 565 g/mol. The lowest BCUT2D eigenvalue weighted by molar-refractivity contribution is -0.144. The maximum atomic E-state index is 12.4. The van der Waals surface area contributed by atoms with Gasteiger partial charge in [0.15, 0.2) is 0 Å². The Labute approximate surface area is 250 Å². The van der Waals surface area contributed by atoms with E-state index in [1.54, 1.807) is 4.68 Å². The molecule has 212 valence electrons. The number of esters is 1. The Hall–Kier alpha value is -5.07. The Morgan fingerprint density at radius 1 is 0.814 bits per heavy atom. The fourth-order valence-corrected chi connectivity index (χ4v) is 5.87. The van der Waals surface area contributed by atoms with Crippen molar-refractivity contribution in [2.24, 2.45) is 5.73 Å². The molecule has 0 amide bonds. The maximum absolute atomic E-state index is 12.4. The number of aromatic nitrogens is 3. The van der Waals surface area contributed by atoms with Crippen molar-refractivity contribution in [3.05, 3.63) is 150 Å². The second kappa shape index (κ2) is 11.3. The van der Waals surface area contributed by atoms with Crippen LogP contribution in [0, 0.1) is 0 Å². The number of hydrogen-bond donors (Lipinski definition) is 1. The number of rotatable bonds is 9. The highest BCUT2D eigenvalue weighted by Crippen LogP contribution is 2.51. The zero-order valence-electron chi connectivity index (χ0n) is 23.8. The van der Waals surface area contributed by atoms with Crippen LogP contribution in [-0.4, -0.2) is 26.5 Å². The van der Waals surface area contributed by atoms with Crippen molar-refractivity contribution >= 4 is 16.7 Å². The van der Waals surface area contributed by atoms with Crippen LogP contribution in [0.5, 0.6) is 0 Å². The first-order valence-corrected chi connectivity index (χ1v) is 14.6. The van der Waals surface area contributed by atoms with Gasteiger partial charge in [0.05, 0.1) is 18.3 Å². The molecule has 1 aliphatic carbocycles. The predicted molar refractivity (Wildman–Crippen MR) is 169 cm³/mol. The molecule has 0 radical (unpaired) electrons. The molecule has 43 heavy (non-hydrogen) atoms. The second-order valence-electron chi connectivity index (χ2n) is 11.5. The Balaban J connectivity index is 0.985. The van der Waals surface area contributed by atoms with Crippen molar-refractivity contribution in [2.45, 2.75) is 37.3 Å². The molecule has 2 N–H and O–H groups in total. The number of fused-ring (bicyclic) bond motifs is 1. The largest absolute Gasteiger partial charge is 0.461 e. The highest BCUT2D eigenvalue weighted by Gasteiger charge is 2.51. The molecule has 0 saturated heterocycles. The molecular formula is C37H32N4O2. The number of ether oxygens (including phenoxy) is 1. The molecule has 6 nitrogen and oxygen atoms in total. The van der Waals surface area contributed by atoms with Gasteiger partial charge in [-0.1, -0.05) is 108 Å². The lowest BCUT2D eigenvalue weighted by Gasteiger charge is -2.13. The number of nitrogens with two attached hydrogens (primary N) is 1. The summed E-state index contributed by atoms with van der Waals surface area (Å²) in [7, 11) is 0. The van der Waals surface area contributed by atoms with Gasteiger partial charge >= 0.3 is 5.97 Å². The zero-order chi connectivity index (χ0) is 29.2. The summed E-state index contributed by atoms with van der Waals surface area (Å²) >= 11 is 0. The van der Waals surface area contributed by atoms with Crippen LogP contribution < -0.4 is 5.73 Å². The fraction of sp³-hybridized carbons (Fsp3) is 0.162. The molecule has 1 aliphatic rings. The van der Waals surface area contributed by atoms with Gasteiger partial charge < -0.3 is 10.5 Å². The van der Waals surface area contributed by atoms with Crippen LogP contribution in [0.4, 0.5) is 0 Å². The van der Waals surface area contributed by atoms with E-state index in [1.807, 2.05) is 60.8 Å². The monoisotopic (exact) mass is 564 g/mol. The molecule has 1 heterocycles. The quantitative estimate of drug-likeness (QED) is 0.195. The predicted octanol–water partition coefficient (Wildman–Crippen LogP) is 6.80. The standard InChI is InChI=1S/C37H32N4O2/c38-37(22-28-13-14-29-10-4-5-11-31(29)20-28)23-34(37)30-15-17-33(18-16-30)41-24-35(39-40-41)32-12-6-9-27(19-32)21-36(42)43-25-26-7-2-1-3-8-26/h1-20,24,34H,21-23,25,38H2/t34-,37+/m0/s1. The van der Waals surface area contributed by atoms with Crippen LogP contribution >= 0.6 is 0 Å². The van der Waals surface area contributed by atoms with Crippen LogP contribution in [0.2, 0.25) is 0 Å². The molecule has 7 rings (SSSR count). The van der Waals surface area contributed by atoms with Gasteiger partial charge in [0.1, 0.15) is 12.3 Å². The normalized spacial score (nSPS) is 17.6. The summed E-state index contributed by atoms with van der Waals surface area (Å²) in [6.07, 6.45) is 3.94. The molecule has 1 fully saturated rings. The minimum atomic E-state index is -0.265. The van der Waals surface area contributed by atoms with E-state index in [0.29, 0.717) is 5.92 Å². The molecule has 0 bridgehead atoms. The minimum absolute atomic E-state index is 0.195. The Bertz CT molecular complexity index is 1900. The smallest absolute Gasteiger partial charge is 0.310 e. The van der Waals surface area contributed by atoms with Crippen LogP contribution in [-0.2, 0) is 29.0 Å². The SMILES string of the molecule is N[C@]1(Cc2ccc3ccccc3c2)C[C@H]1c1ccc(-n2cc(-c3cccc(CC(=O)OCc4ccccc4)c3)nn2)cc1. The van der Waals surface area contributed by atoms with Crippen molar-refractivity contribution in [1.82, 2.24) is 15.0 Å². The van der Waals surface area contributed by atoms with E-state index in [-0.39, 0.29) is 24.5 Å². The van der Waals surface area contributed by atoms with Crippen LogP contribution in [0.25, 0.3) is 27.7 Å². The van der Waals surface area contributed by atoms with Crippen molar-refractivity contribution in [3.63, 3.8) is 0 Å². The summed E-state index contributed by atoms with van der Waals surface area (Å²) < 4.78 is 7.22. The third-order valence-electron chi connectivity index (χ3n) is 8.33. The molecule has 0 spiro atoms. The number of benzene rings is 5. The van der Waals surface area contributed by atoms with Crippen LogP contribution in [0.1, 0.15) is 34.6 Å². The maximum Gasteiger partial charge on any atom is 0.310 e. The topological polar surface area (TPSA) is 83.0 Å². The van der Waals surface area contributed by atoms with Crippen LogP contribution in [0.15, 0.2) is 128 Å². The first kappa shape index (κ1) is 26.8. The first-order chi connectivity index (χ1) is 21.0. The molecule has 5 aromatic carbocycles. The molecule has 2 atom stereocenters. The molecule has 1 aromatic heterocycles. The Morgan fingerprint density at radius 3 is 2.42 bits per heavy atom. The number of carbonyl (C=O) groups excluding carboxylic acids is 1. The van der Waals surface area contributed by atoms with Gasteiger partial charge in [-0.2, -0.15) is 0 Å². The number of nitrogens with zero attached hydrogens (tertiary/aromatic N) is 3. The molecule has 0 unspecified atom stereocenters. The summed E-state index contributed by atoms with van der Waals surface area (Å²) in [4.78, 5) is 12.4. The van der Waals surface area contributed by atoms with Crippen molar-refractivity contribution < 1.29 is 9.53 Å². The highest BCUT2D eigenvalue weighted by molar-refractivity contribution is 5.83. The Kier molecular flexibility index (Phi) is 7.05. The van der Waals surface area contributed by atoms with E-state index < -0.39 is 0 Å². The summed E-state index contributed by atoms with van der Waals surface area (Å²) in [6.45, 7) is 0.268. The van der Waals surface area contributed by atoms with Gasteiger partial charge in [0, 0.05) is 17.0 Å². The van der Waals surface area contributed by atoms with E-state index in [0.717, 1.165) is 40.9 Å². The summed E-state index contributed by atoms with van der Waals surface area (Å²) in [6, 6.07) is 41.0. The third-order valence-corrected chi connectivity index (χ3v) is 8.33. The van der Waals surface area contributed by atoms with E-state index in [9.17, 15) is 4.79 Å². The van der Waals surface area contributed by atoms with Gasteiger partial charge in [0.25, 0.3) is 0 Å². The third kappa shape index (κ3) is 5.96.